The van der Waals surface area contributed by atoms with Crippen molar-refractivity contribution in [1.29, 1.82) is 0 Å². The van der Waals surface area contributed by atoms with Crippen LogP contribution < -0.4 is 5.32 Å². The van der Waals surface area contributed by atoms with E-state index in [1.807, 2.05) is 0 Å². The molecule has 0 saturated carbocycles. The standard InChI is InChI=1S/C19H22F6N2O3/c1-9-11(12-5-10(20)6-13(21)15(12)22)7-14(26-17(29)30-18(2,3)4)16(28)27(9)8-19(23,24)25/h5-6,9,11,14H,7-8H2,1-4H3,(H,26,29)/t9-,11-,14+/m0/s1. The second-order valence-corrected chi connectivity index (χ2v) is 8.15. The van der Waals surface area contributed by atoms with Gasteiger partial charge in [0, 0.05) is 18.0 Å². The molecular formula is C19H22F6N2O3. The van der Waals surface area contributed by atoms with Crippen molar-refractivity contribution in [1.82, 2.24) is 10.2 Å². The zero-order valence-electron chi connectivity index (χ0n) is 16.7. The lowest BCUT2D eigenvalue weighted by Gasteiger charge is -2.43. The van der Waals surface area contributed by atoms with Gasteiger partial charge in [0.25, 0.3) is 0 Å². The number of nitrogens with zero attached hydrogens (tertiary/aromatic N) is 1. The molecule has 1 N–H and O–H groups in total. The highest BCUT2D eigenvalue weighted by Gasteiger charge is 2.46. The molecule has 11 heteroatoms. The van der Waals surface area contributed by atoms with Gasteiger partial charge in [-0.3, -0.25) is 4.79 Å². The molecule has 30 heavy (non-hydrogen) atoms. The lowest BCUT2D eigenvalue weighted by molar-refractivity contribution is -0.171. The lowest BCUT2D eigenvalue weighted by Crippen LogP contribution is -2.60. The van der Waals surface area contributed by atoms with Crippen molar-refractivity contribution in [2.45, 2.75) is 63.9 Å². The molecular weight excluding hydrogens is 418 g/mol. The van der Waals surface area contributed by atoms with Crippen molar-refractivity contribution in [2.75, 3.05) is 6.54 Å². The van der Waals surface area contributed by atoms with Gasteiger partial charge in [0.1, 0.15) is 24.0 Å². The Morgan fingerprint density at radius 1 is 1.20 bits per heavy atom. The number of alkyl halides is 3. The maximum absolute atomic E-state index is 14.3. The van der Waals surface area contributed by atoms with E-state index in [1.54, 1.807) is 20.8 Å². The van der Waals surface area contributed by atoms with Crippen molar-refractivity contribution >= 4 is 12.0 Å². The van der Waals surface area contributed by atoms with Gasteiger partial charge in [0.05, 0.1) is 0 Å². The number of hydrogen-bond donors (Lipinski definition) is 1. The summed E-state index contributed by atoms with van der Waals surface area (Å²) in [6.07, 6.45) is -6.21. The van der Waals surface area contributed by atoms with Crippen LogP contribution in [-0.4, -0.2) is 47.3 Å². The Kier molecular flexibility index (Phi) is 6.63. The van der Waals surface area contributed by atoms with Crippen molar-refractivity contribution in [3.05, 3.63) is 35.1 Å². The van der Waals surface area contributed by atoms with E-state index in [9.17, 15) is 35.9 Å². The molecule has 5 nitrogen and oxygen atoms in total. The van der Waals surface area contributed by atoms with E-state index in [1.165, 1.54) is 6.92 Å². The van der Waals surface area contributed by atoms with Gasteiger partial charge in [-0.25, -0.2) is 18.0 Å². The van der Waals surface area contributed by atoms with Crippen molar-refractivity contribution < 1.29 is 40.7 Å². The van der Waals surface area contributed by atoms with E-state index >= 15 is 0 Å². The second-order valence-electron chi connectivity index (χ2n) is 8.15. The molecule has 0 aromatic heterocycles. The van der Waals surface area contributed by atoms with Crippen LogP contribution in [0.15, 0.2) is 12.1 Å². The fourth-order valence-corrected chi connectivity index (χ4v) is 3.39. The Balaban J connectivity index is 2.42. The summed E-state index contributed by atoms with van der Waals surface area (Å²) in [5.41, 5.74) is -1.46. The van der Waals surface area contributed by atoms with Crippen molar-refractivity contribution in [3.63, 3.8) is 0 Å². The first-order valence-corrected chi connectivity index (χ1v) is 9.10. The third-order valence-corrected chi connectivity index (χ3v) is 4.61. The van der Waals surface area contributed by atoms with Gasteiger partial charge in [0.2, 0.25) is 5.91 Å². The van der Waals surface area contributed by atoms with E-state index < -0.39 is 71.3 Å². The van der Waals surface area contributed by atoms with Gasteiger partial charge in [-0.1, -0.05) is 0 Å². The molecule has 0 spiro atoms. The number of rotatable bonds is 3. The summed E-state index contributed by atoms with van der Waals surface area (Å²) < 4.78 is 85.8. The van der Waals surface area contributed by atoms with Gasteiger partial charge in [-0.15, -0.1) is 0 Å². The molecule has 0 bridgehead atoms. The van der Waals surface area contributed by atoms with Gasteiger partial charge in [-0.05, 0) is 45.7 Å². The van der Waals surface area contributed by atoms with Crippen LogP contribution in [0.4, 0.5) is 31.1 Å². The number of carbonyl (C=O) groups is 2. The highest BCUT2D eigenvalue weighted by Crippen LogP contribution is 2.37. The fourth-order valence-electron chi connectivity index (χ4n) is 3.39. The first-order valence-electron chi connectivity index (χ1n) is 9.10. The minimum atomic E-state index is -4.78. The minimum Gasteiger partial charge on any atom is -0.444 e. The molecule has 3 atom stereocenters. The van der Waals surface area contributed by atoms with Crippen LogP contribution >= 0.6 is 0 Å². The van der Waals surface area contributed by atoms with Gasteiger partial charge >= 0.3 is 12.3 Å². The Hall–Kier alpha value is -2.46. The molecule has 0 unspecified atom stereocenters. The second kappa shape index (κ2) is 8.35. The van der Waals surface area contributed by atoms with E-state index in [-0.39, 0.29) is 6.42 Å². The van der Waals surface area contributed by atoms with Crippen LogP contribution in [0.1, 0.15) is 45.6 Å². The van der Waals surface area contributed by atoms with E-state index in [0.717, 1.165) is 0 Å². The molecule has 1 aromatic carbocycles. The third-order valence-electron chi connectivity index (χ3n) is 4.61. The normalized spacial score (nSPS) is 22.8. The zero-order chi connectivity index (χ0) is 23.0. The van der Waals surface area contributed by atoms with Gasteiger partial charge in [-0.2, -0.15) is 13.2 Å². The summed E-state index contributed by atoms with van der Waals surface area (Å²) in [6, 6.07) is -1.77. The fraction of sp³-hybridized carbons (Fsp3) is 0.579. The molecule has 1 fully saturated rings. The smallest absolute Gasteiger partial charge is 0.408 e. The van der Waals surface area contributed by atoms with Gasteiger partial charge < -0.3 is 15.0 Å². The van der Waals surface area contributed by atoms with Crippen LogP contribution in [0.25, 0.3) is 0 Å². The first-order chi connectivity index (χ1) is 13.6. The zero-order valence-corrected chi connectivity index (χ0v) is 16.7. The van der Waals surface area contributed by atoms with Crippen LogP contribution in [0.5, 0.6) is 0 Å². The van der Waals surface area contributed by atoms with Crippen LogP contribution in [0.3, 0.4) is 0 Å². The maximum atomic E-state index is 14.3. The molecule has 0 aliphatic carbocycles. The molecule has 1 aliphatic rings. The number of hydrogen-bond acceptors (Lipinski definition) is 3. The summed E-state index contributed by atoms with van der Waals surface area (Å²) in [5.74, 6) is -6.32. The average Bonchev–Trinajstić information content (AvgIpc) is 2.55. The SMILES string of the molecule is C[C@H]1[C@@H](c2cc(F)cc(F)c2F)C[C@@H](NC(=O)OC(C)(C)C)C(=O)N1CC(F)(F)F. The largest absolute Gasteiger partial charge is 0.444 e. The highest BCUT2D eigenvalue weighted by atomic mass is 19.4. The molecule has 1 saturated heterocycles. The van der Waals surface area contributed by atoms with Crippen molar-refractivity contribution in [2.24, 2.45) is 0 Å². The predicted octanol–water partition coefficient (Wildman–Crippen LogP) is 4.26. The summed E-state index contributed by atoms with van der Waals surface area (Å²) in [5, 5.41) is 2.18. The number of alkyl carbamates (subject to hydrolysis) is 1. The summed E-state index contributed by atoms with van der Waals surface area (Å²) >= 11 is 0. The average molecular weight is 440 g/mol. The topological polar surface area (TPSA) is 58.6 Å². The summed E-state index contributed by atoms with van der Waals surface area (Å²) in [6.45, 7) is 4.18. The maximum Gasteiger partial charge on any atom is 0.408 e. The number of likely N-dealkylation sites (tertiary alicyclic amines) is 1. The number of ether oxygens (including phenoxy) is 1. The van der Waals surface area contributed by atoms with Crippen LogP contribution in [0.2, 0.25) is 0 Å². The summed E-state index contributed by atoms with van der Waals surface area (Å²) in [4.78, 5) is 25.1. The minimum absolute atomic E-state index is 0.307. The van der Waals surface area contributed by atoms with Crippen molar-refractivity contribution in [3.8, 4) is 0 Å². The molecule has 0 radical (unpaired) electrons. The van der Waals surface area contributed by atoms with E-state index in [0.29, 0.717) is 17.0 Å². The van der Waals surface area contributed by atoms with Crippen LogP contribution in [-0.2, 0) is 9.53 Å². The first kappa shape index (κ1) is 23.8. The Labute approximate surface area is 169 Å². The van der Waals surface area contributed by atoms with Crippen LogP contribution in [0, 0.1) is 17.5 Å². The molecule has 1 aliphatic heterocycles. The number of amides is 2. The monoisotopic (exact) mass is 440 g/mol. The number of benzene rings is 1. The Morgan fingerprint density at radius 3 is 2.33 bits per heavy atom. The Morgan fingerprint density at radius 2 is 1.80 bits per heavy atom. The van der Waals surface area contributed by atoms with E-state index in [2.05, 4.69) is 5.32 Å². The lowest BCUT2D eigenvalue weighted by atomic mass is 9.81. The summed E-state index contributed by atoms with van der Waals surface area (Å²) in [7, 11) is 0. The predicted molar refractivity (Wildman–Crippen MR) is 94.1 cm³/mol. The van der Waals surface area contributed by atoms with E-state index in [4.69, 9.17) is 4.74 Å². The highest BCUT2D eigenvalue weighted by molar-refractivity contribution is 5.87. The molecule has 2 amide bonds. The quantitative estimate of drug-likeness (QED) is 0.565. The molecule has 1 aromatic rings. The number of piperidine rings is 1. The third kappa shape index (κ3) is 5.79. The number of nitrogens with one attached hydrogen (secondary N) is 1. The molecule has 168 valence electrons. The van der Waals surface area contributed by atoms with Gasteiger partial charge in [0.15, 0.2) is 11.6 Å². The Bertz CT molecular complexity index is 822. The number of halogens is 6. The number of carbonyl (C=O) groups excluding carboxylic acids is 2. The molecule has 2 rings (SSSR count). The molecule has 1 heterocycles.